The van der Waals surface area contributed by atoms with Crippen LogP contribution in [0, 0.1) is 0 Å². The molecule has 0 aliphatic heterocycles. The predicted octanol–water partition coefficient (Wildman–Crippen LogP) is -1.70. The minimum absolute atomic E-state index is 0.140. The minimum Gasteiger partial charge on any atom is -0.480 e. The Morgan fingerprint density at radius 2 is 2.00 bits per heavy atom. The highest BCUT2D eigenvalue weighted by Crippen LogP contribution is 1.95. The number of aliphatic carboxylic acids is 1. The van der Waals surface area contributed by atoms with E-state index < -0.39 is 40.4 Å². The lowest BCUT2D eigenvalue weighted by atomic mass is 10.3. The zero-order valence-electron chi connectivity index (χ0n) is 9.25. The number of nitrogens with one attached hydrogen (secondary N) is 1. The number of carboxylic acid groups (broad SMARTS) is 1. The Bertz CT molecular complexity index is 364. The van der Waals surface area contributed by atoms with E-state index in [-0.39, 0.29) is 13.0 Å². The van der Waals surface area contributed by atoms with Gasteiger partial charge in [0, 0.05) is 0 Å². The highest BCUT2D eigenvalue weighted by molar-refractivity contribution is 7.89. The highest BCUT2D eigenvalue weighted by atomic mass is 32.2. The number of rotatable bonds is 8. The summed E-state index contributed by atoms with van der Waals surface area (Å²) in [6.07, 6.45) is -0.374. The van der Waals surface area contributed by atoms with Gasteiger partial charge in [0.1, 0.15) is 6.04 Å². The van der Waals surface area contributed by atoms with Gasteiger partial charge in [0.05, 0.1) is 25.4 Å². The van der Waals surface area contributed by atoms with Gasteiger partial charge in [-0.15, -0.1) is 0 Å². The number of hydrogen-bond acceptors (Lipinski definition) is 6. The smallest absolute Gasteiger partial charge is 0.324 e. The lowest BCUT2D eigenvalue weighted by Crippen LogP contribution is -2.44. The summed E-state index contributed by atoms with van der Waals surface area (Å²) < 4.78 is 28.9. The van der Waals surface area contributed by atoms with Crippen LogP contribution < -0.4 is 4.72 Å². The van der Waals surface area contributed by atoms with Gasteiger partial charge in [-0.25, -0.2) is 8.42 Å². The molecule has 1 atom stereocenters. The average molecular weight is 269 g/mol. The summed E-state index contributed by atoms with van der Waals surface area (Å²) in [4.78, 5) is 21.4. The Morgan fingerprint density at radius 3 is 2.41 bits per heavy atom. The van der Waals surface area contributed by atoms with Crippen molar-refractivity contribution in [3.05, 3.63) is 0 Å². The number of carboxylic acids is 1. The van der Waals surface area contributed by atoms with Crippen molar-refractivity contribution >= 4 is 22.0 Å². The van der Waals surface area contributed by atoms with Gasteiger partial charge < -0.3 is 14.9 Å². The van der Waals surface area contributed by atoms with Crippen LogP contribution in [-0.2, 0) is 24.3 Å². The fourth-order valence-electron chi connectivity index (χ4n) is 0.892. The molecule has 0 radical (unpaired) electrons. The summed E-state index contributed by atoms with van der Waals surface area (Å²) in [5.41, 5.74) is 0. The quantitative estimate of drug-likeness (QED) is 0.448. The van der Waals surface area contributed by atoms with Crippen molar-refractivity contribution in [2.75, 3.05) is 19.0 Å². The number of aliphatic hydroxyl groups is 1. The van der Waals surface area contributed by atoms with Gasteiger partial charge in [-0.1, -0.05) is 0 Å². The zero-order chi connectivity index (χ0) is 13.5. The molecule has 17 heavy (non-hydrogen) atoms. The Balaban J connectivity index is 4.29. The maximum absolute atomic E-state index is 11.3. The standard InChI is InChI=1S/C8H15NO7S/c1-2-16-7(11)3-4-17(14,15)9-6(5-10)8(12)13/h6,9-10H,2-5H2,1H3,(H,12,13)/t6-/m0/s1. The molecule has 0 heterocycles. The molecule has 0 unspecified atom stereocenters. The van der Waals surface area contributed by atoms with Crippen molar-refractivity contribution in [2.24, 2.45) is 0 Å². The number of esters is 1. The molecule has 0 aromatic rings. The number of carbonyl (C=O) groups is 2. The summed E-state index contributed by atoms with van der Waals surface area (Å²) in [7, 11) is -3.94. The van der Waals surface area contributed by atoms with E-state index in [2.05, 4.69) is 4.74 Å². The van der Waals surface area contributed by atoms with E-state index in [1.165, 1.54) is 0 Å². The number of carbonyl (C=O) groups excluding carboxylic acids is 1. The molecule has 0 aromatic heterocycles. The predicted molar refractivity (Wildman–Crippen MR) is 56.7 cm³/mol. The lowest BCUT2D eigenvalue weighted by molar-refractivity contribution is -0.142. The molecular formula is C8H15NO7S. The van der Waals surface area contributed by atoms with Crippen molar-refractivity contribution in [1.82, 2.24) is 4.72 Å². The Morgan fingerprint density at radius 1 is 1.41 bits per heavy atom. The van der Waals surface area contributed by atoms with Crippen LogP contribution in [0.5, 0.6) is 0 Å². The topological polar surface area (TPSA) is 130 Å². The Labute approximate surface area is 98.6 Å². The Hall–Kier alpha value is -1.19. The SMILES string of the molecule is CCOC(=O)CCS(=O)(=O)N[C@@H](CO)C(=O)O. The molecule has 9 heteroatoms. The maximum atomic E-state index is 11.3. The molecule has 8 nitrogen and oxygen atoms in total. The fourth-order valence-corrected chi connectivity index (χ4v) is 2.05. The van der Waals surface area contributed by atoms with E-state index in [0.717, 1.165) is 0 Å². The number of ether oxygens (including phenoxy) is 1. The largest absolute Gasteiger partial charge is 0.480 e. The summed E-state index contributed by atoms with van der Waals surface area (Å²) in [5, 5.41) is 17.1. The third-order valence-electron chi connectivity index (χ3n) is 1.68. The summed E-state index contributed by atoms with van der Waals surface area (Å²) in [6, 6.07) is -1.61. The Kier molecular flexibility index (Phi) is 6.69. The van der Waals surface area contributed by atoms with Crippen molar-refractivity contribution < 1.29 is 33.0 Å². The van der Waals surface area contributed by atoms with Crippen LogP contribution >= 0.6 is 0 Å². The van der Waals surface area contributed by atoms with Gasteiger partial charge in [0.2, 0.25) is 10.0 Å². The van der Waals surface area contributed by atoms with Crippen LogP contribution in [0.3, 0.4) is 0 Å². The lowest BCUT2D eigenvalue weighted by Gasteiger charge is -2.11. The van der Waals surface area contributed by atoms with Gasteiger partial charge in [0.25, 0.3) is 0 Å². The molecule has 0 spiro atoms. The first-order chi connectivity index (χ1) is 7.82. The second kappa shape index (κ2) is 7.20. The third kappa shape index (κ3) is 6.87. The molecule has 3 N–H and O–H groups in total. The molecule has 100 valence electrons. The van der Waals surface area contributed by atoms with E-state index in [1.807, 2.05) is 0 Å². The van der Waals surface area contributed by atoms with Crippen LogP contribution in [0.25, 0.3) is 0 Å². The summed E-state index contributed by atoms with van der Waals surface area (Å²) >= 11 is 0. The van der Waals surface area contributed by atoms with Gasteiger partial charge in [-0.05, 0) is 6.92 Å². The van der Waals surface area contributed by atoms with E-state index in [1.54, 1.807) is 11.6 Å². The number of hydrogen-bond donors (Lipinski definition) is 3. The second-order valence-corrected chi connectivity index (χ2v) is 4.94. The second-order valence-electron chi connectivity index (χ2n) is 3.07. The van der Waals surface area contributed by atoms with Crippen LogP contribution in [0.15, 0.2) is 0 Å². The molecular weight excluding hydrogens is 254 g/mol. The third-order valence-corrected chi connectivity index (χ3v) is 3.07. The van der Waals surface area contributed by atoms with Crippen LogP contribution in [0.4, 0.5) is 0 Å². The normalized spacial score (nSPS) is 13.1. The molecule has 0 aliphatic carbocycles. The van der Waals surface area contributed by atoms with Crippen molar-refractivity contribution in [2.45, 2.75) is 19.4 Å². The van der Waals surface area contributed by atoms with E-state index in [9.17, 15) is 18.0 Å². The molecule has 0 bridgehead atoms. The first kappa shape index (κ1) is 15.8. The first-order valence-corrected chi connectivity index (χ1v) is 6.47. The highest BCUT2D eigenvalue weighted by Gasteiger charge is 2.23. The summed E-state index contributed by atoms with van der Waals surface area (Å²) in [6.45, 7) is 0.853. The summed E-state index contributed by atoms with van der Waals surface area (Å²) in [5.74, 6) is -2.77. The molecule has 0 saturated carbocycles. The van der Waals surface area contributed by atoms with Crippen LogP contribution in [0.1, 0.15) is 13.3 Å². The van der Waals surface area contributed by atoms with Crippen molar-refractivity contribution in [3.8, 4) is 0 Å². The van der Waals surface area contributed by atoms with Gasteiger partial charge in [-0.3, -0.25) is 9.59 Å². The first-order valence-electron chi connectivity index (χ1n) is 4.81. The molecule has 0 saturated heterocycles. The van der Waals surface area contributed by atoms with Crippen molar-refractivity contribution in [3.63, 3.8) is 0 Å². The van der Waals surface area contributed by atoms with Crippen molar-refractivity contribution in [1.29, 1.82) is 0 Å². The number of sulfonamides is 1. The van der Waals surface area contributed by atoms with E-state index >= 15 is 0 Å². The fraction of sp³-hybridized carbons (Fsp3) is 0.750. The molecule has 0 rings (SSSR count). The van der Waals surface area contributed by atoms with Crippen LogP contribution in [0.2, 0.25) is 0 Å². The van der Waals surface area contributed by atoms with Gasteiger partial charge >= 0.3 is 11.9 Å². The molecule has 0 aliphatic rings. The van der Waals surface area contributed by atoms with E-state index in [0.29, 0.717) is 0 Å². The molecule has 0 aromatic carbocycles. The van der Waals surface area contributed by atoms with E-state index in [4.69, 9.17) is 10.2 Å². The van der Waals surface area contributed by atoms with Gasteiger partial charge in [0.15, 0.2) is 0 Å². The maximum Gasteiger partial charge on any atom is 0.324 e. The zero-order valence-corrected chi connectivity index (χ0v) is 10.1. The van der Waals surface area contributed by atoms with Gasteiger partial charge in [-0.2, -0.15) is 4.72 Å². The average Bonchev–Trinajstić information content (AvgIpc) is 2.23. The molecule has 0 fully saturated rings. The molecule has 0 amide bonds. The number of aliphatic hydroxyl groups excluding tert-OH is 1. The van der Waals surface area contributed by atoms with Crippen LogP contribution in [-0.4, -0.2) is 55.6 Å². The minimum atomic E-state index is -3.94. The monoisotopic (exact) mass is 269 g/mol.